The average molecular weight is 423 g/mol. The summed E-state index contributed by atoms with van der Waals surface area (Å²) in [5, 5.41) is 11.3. The number of nitrogens with one attached hydrogen (secondary N) is 1. The van der Waals surface area contributed by atoms with Gasteiger partial charge in [0.1, 0.15) is 5.75 Å². The molecule has 0 aliphatic heterocycles. The van der Waals surface area contributed by atoms with Crippen LogP contribution in [0.4, 0.5) is 8.78 Å². The molecule has 3 N–H and O–H groups in total. The molecule has 0 bridgehead atoms. The Balaban J connectivity index is 1.49. The van der Waals surface area contributed by atoms with E-state index < -0.39 is 6.61 Å². The smallest absolute Gasteiger partial charge is 0.387 e. The molecule has 3 rings (SSSR count). The molecule has 0 atom stereocenters. The largest absolute Gasteiger partial charge is 0.435 e. The van der Waals surface area contributed by atoms with Gasteiger partial charge in [-0.15, -0.1) is 10.2 Å². The second kappa shape index (κ2) is 10.2. The van der Waals surface area contributed by atoms with E-state index in [1.807, 2.05) is 0 Å². The van der Waals surface area contributed by atoms with Crippen molar-refractivity contribution in [1.29, 1.82) is 0 Å². The van der Waals surface area contributed by atoms with Gasteiger partial charge in [-0.05, 0) is 56.4 Å². The van der Waals surface area contributed by atoms with Gasteiger partial charge in [-0.3, -0.25) is 4.79 Å². The third-order valence-corrected chi connectivity index (χ3v) is 5.43. The number of hydrogen-bond acceptors (Lipinski definition) is 6. The number of nitrogens with two attached hydrogens (primary N) is 1. The Hall–Kier alpha value is -2.62. The molecule has 0 saturated heterocycles. The average Bonchev–Trinajstić information content (AvgIpc) is 3.08. The van der Waals surface area contributed by atoms with E-state index in [0.717, 1.165) is 19.3 Å². The first-order valence-electron chi connectivity index (χ1n) is 9.36. The summed E-state index contributed by atoms with van der Waals surface area (Å²) in [6, 6.07) is 5.93. The van der Waals surface area contributed by atoms with Crippen LogP contribution >= 0.6 is 11.8 Å². The molecule has 0 radical (unpaired) electrons. The number of alkyl halides is 2. The summed E-state index contributed by atoms with van der Waals surface area (Å²) in [7, 11) is 0. The van der Waals surface area contributed by atoms with Gasteiger partial charge in [0.25, 0.3) is 0 Å². The van der Waals surface area contributed by atoms with Crippen molar-refractivity contribution < 1.29 is 18.3 Å². The number of carbonyl (C=O) groups is 1. The van der Waals surface area contributed by atoms with Gasteiger partial charge in [0.15, 0.2) is 5.82 Å². The first-order chi connectivity index (χ1) is 14.0. The monoisotopic (exact) mass is 423 g/mol. The number of carbonyl (C=O) groups excluding carboxylic acids is 1. The predicted molar refractivity (Wildman–Crippen MR) is 107 cm³/mol. The van der Waals surface area contributed by atoms with Crippen molar-refractivity contribution in [1.82, 2.24) is 20.2 Å². The third-order valence-electron chi connectivity index (χ3n) is 4.49. The minimum absolute atomic E-state index is 0.0436. The predicted octanol–water partition coefficient (Wildman–Crippen LogP) is 3.36. The van der Waals surface area contributed by atoms with Crippen LogP contribution in [0.2, 0.25) is 0 Å². The molecule has 1 aromatic heterocycles. The standard InChI is InChI=1S/C19H23F2N5O2S/c20-18(21)28-15-8-6-14(7-9-15)17-24-25-19(26(17)22)29-12-16(27)23-11-10-13-4-2-1-3-5-13/h4,6-9,18H,1-3,5,10-12,22H2,(H,23,27). The van der Waals surface area contributed by atoms with Crippen LogP contribution in [-0.2, 0) is 4.79 Å². The molecule has 0 unspecified atom stereocenters. The number of thioether (sulfide) groups is 1. The highest BCUT2D eigenvalue weighted by molar-refractivity contribution is 7.99. The second-order valence-corrected chi connectivity index (χ2v) is 7.52. The molecule has 29 heavy (non-hydrogen) atoms. The molecule has 156 valence electrons. The Labute approximate surface area is 171 Å². The third kappa shape index (κ3) is 6.18. The lowest BCUT2D eigenvalue weighted by Crippen LogP contribution is -2.27. The number of nitrogen functional groups attached to an aromatic ring is 1. The fraction of sp³-hybridized carbons (Fsp3) is 0.421. The maximum absolute atomic E-state index is 12.2. The molecule has 0 fully saturated rings. The normalized spacial score (nSPS) is 14.0. The van der Waals surface area contributed by atoms with Crippen molar-refractivity contribution in [3.05, 3.63) is 35.9 Å². The molecular weight excluding hydrogens is 400 g/mol. The number of benzene rings is 1. The zero-order valence-electron chi connectivity index (χ0n) is 15.8. The van der Waals surface area contributed by atoms with Crippen molar-refractivity contribution in [2.75, 3.05) is 18.1 Å². The number of aromatic nitrogens is 3. The highest BCUT2D eigenvalue weighted by Crippen LogP contribution is 2.24. The molecule has 1 aliphatic rings. The first-order valence-corrected chi connectivity index (χ1v) is 10.3. The van der Waals surface area contributed by atoms with Crippen molar-refractivity contribution >= 4 is 17.7 Å². The molecule has 10 heteroatoms. The van der Waals surface area contributed by atoms with Gasteiger partial charge in [0.05, 0.1) is 5.75 Å². The highest BCUT2D eigenvalue weighted by Gasteiger charge is 2.14. The van der Waals surface area contributed by atoms with E-state index in [4.69, 9.17) is 5.84 Å². The number of amides is 1. The molecule has 0 spiro atoms. The van der Waals surface area contributed by atoms with Crippen LogP contribution in [0.15, 0.2) is 41.1 Å². The van der Waals surface area contributed by atoms with E-state index in [-0.39, 0.29) is 17.4 Å². The van der Waals surface area contributed by atoms with Crippen molar-refractivity contribution in [2.45, 2.75) is 43.9 Å². The summed E-state index contributed by atoms with van der Waals surface area (Å²) < 4.78 is 30.0. The molecule has 1 amide bonds. The lowest BCUT2D eigenvalue weighted by molar-refractivity contribution is -0.118. The summed E-state index contributed by atoms with van der Waals surface area (Å²) in [4.78, 5) is 12.0. The summed E-state index contributed by atoms with van der Waals surface area (Å²) in [5.74, 6) is 6.51. The highest BCUT2D eigenvalue weighted by atomic mass is 32.2. The fourth-order valence-corrected chi connectivity index (χ4v) is 3.72. The SMILES string of the molecule is Nn1c(SCC(=O)NCCC2=CCCCC2)nnc1-c1ccc(OC(F)F)cc1. The van der Waals surface area contributed by atoms with E-state index in [1.165, 1.54) is 47.0 Å². The molecule has 7 nitrogen and oxygen atoms in total. The number of ether oxygens (including phenoxy) is 1. The topological polar surface area (TPSA) is 95.1 Å². The Kier molecular flexibility index (Phi) is 7.45. The molecular formula is C19H23F2N5O2S. The first kappa shape index (κ1) is 21.1. The van der Waals surface area contributed by atoms with Gasteiger partial charge in [0.2, 0.25) is 11.1 Å². The summed E-state index contributed by atoms with van der Waals surface area (Å²) in [6.07, 6.45) is 7.90. The van der Waals surface area contributed by atoms with Crippen LogP contribution in [0.1, 0.15) is 32.1 Å². The molecule has 0 saturated carbocycles. The molecule has 1 aliphatic carbocycles. The molecule has 2 aromatic rings. The van der Waals surface area contributed by atoms with Crippen molar-refractivity contribution in [3.63, 3.8) is 0 Å². The van der Waals surface area contributed by atoms with E-state index >= 15 is 0 Å². The van der Waals surface area contributed by atoms with E-state index in [1.54, 1.807) is 12.1 Å². The van der Waals surface area contributed by atoms with Crippen LogP contribution in [0.25, 0.3) is 11.4 Å². The van der Waals surface area contributed by atoms with E-state index in [2.05, 4.69) is 26.3 Å². The zero-order valence-corrected chi connectivity index (χ0v) is 16.6. The van der Waals surface area contributed by atoms with Crippen LogP contribution < -0.4 is 15.9 Å². The van der Waals surface area contributed by atoms with Gasteiger partial charge in [-0.25, -0.2) is 4.68 Å². The number of nitrogens with zero attached hydrogens (tertiary/aromatic N) is 3. The Bertz CT molecular complexity index is 855. The van der Waals surface area contributed by atoms with Gasteiger partial charge in [-0.1, -0.05) is 23.4 Å². The lowest BCUT2D eigenvalue weighted by atomic mass is 9.97. The minimum atomic E-state index is -2.88. The van der Waals surface area contributed by atoms with Crippen molar-refractivity contribution in [2.24, 2.45) is 0 Å². The second-order valence-electron chi connectivity index (χ2n) is 6.58. The van der Waals surface area contributed by atoms with Crippen LogP contribution in [0.5, 0.6) is 5.75 Å². The quantitative estimate of drug-likeness (QED) is 0.365. The van der Waals surface area contributed by atoms with E-state index in [0.29, 0.717) is 23.1 Å². The zero-order chi connectivity index (χ0) is 20.6. The number of allylic oxidation sites excluding steroid dienone is 1. The summed E-state index contributed by atoms with van der Waals surface area (Å²) >= 11 is 1.18. The van der Waals surface area contributed by atoms with Gasteiger partial charge in [-0.2, -0.15) is 8.78 Å². The van der Waals surface area contributed by atoms with Crippen LogP contribution in [0, 0.1) is 0 Å². The maximum atomic E-state index is 12.2. The number of halogens is 2. The van der Waals surface area contributed by atoms with Gasteiger partial charge < -0.3 is 15.9 Å². The Morgan fingerprint density at radius 2 is 2.07 bits per heavy atom. The minimum Gasteiger partial charge on any atom is -0.435 e. The van der Waals surface area contributed by atoms with E-state index in [9.17, 15) is 13.6 Å². The van der Waals surface area contributed by atoms with Crippen LogP contribution in [-0.4, -0.2) is 39.7 Å². The number of hydrogen-bond donors (Lipinski definition) is 2. The maximum Gasteiger partial charge on any atom is 0.387 e. The van der Waals surface area contributed by atoms with Crippen LogP contribution in [0.3, 0.4) is 0 Å². The Morgan fingerprint density at radius 3 is 2.76 bits per heavy atom. The van der Waals surface area contributed by atoms with Crippen molar-refractivity contribution in [3.8, 4) is 17.1 Å². The van der Waals surface area contributed by atoms with Gasteiger partial charge >= 0.3 is 6.61 Å². The van der Waals surface area contributed by atoms with Gasteiger partial charge in [0, 0.05) is 12.1 Å². The Morgan fingerprint density at radius 1 is 1.28 bits per heavy atom. The summed E-state index contributed by atoms with van der Waals surface area (Å²) in [6.45, 7) is -2.26. The summed E-state index contributed by atoms with van der Waals surface area (Å²) in [5.41, 5.74) is 2.01. The molecule has 1 aromatic carbocycles. The lowest BCUT2D eigenvalue weighted by Gasteiger charge is -2.12. The number of rotatable bonds is 9. The molecule has 1 heterocycles. The fourth-order valence-electron chi connectivity index (χ4n) is 3.03.